The van der Waals surface area contributed by atoms with Gasteiger partial charge < -0.3 is 13.9 Å². The van der Waals surface area contributed by atoms with Crippen molar-refractivity contribution >= 4 is 23.1 Å². The zero-order valence-corrected chi connectivity index (χ0v) is 19.8. The number of hydrogen-bond donors (Lipinski definition) is 1. The van der Waals surface area contributed by atoms with Crippen molar-refractivity contribution in [1.82, 2.24) is 15.2 Å². The maximum absolute atomic E-state index is 12.8. The minimum atomic E-state index is -0.524. The number of amides is 1. The van der Waals surface area contributed by atoms with Gasteiger partial charge in [-0.2, -0.15) is 10.2 Å². The van der Waals surface area contributed by atoms with Crippen molar-refractivity contribution in [2.45, 2.75) is 0 Å². The molecule has 0 radical (unpaired) electrons. The third-order valence-electron chi connectivity index (χ3n) is 5.48. The first-order valence-electron chi connectivity index (χ1n) is 11.4. The second-order valence-electron chi connectivity index (χ2n) is 7.96. The summed E-state index contributed by atoms with van der Waals surface area (Å²) in [6.07, 6.45) is 3.16. The summed E-state index contributed by atoms with van der Waals surface area (Å²) in [5, 5.41) is 9.44. The number of nitrogens with one attached hydrogen (secondary N) is 1. The lowest BCUT2D eigenvalue weighted by Gasteiger charge is -2.05. The van der Waals surface area contributed by atoms with Crippen LogP contribution in [-0.4, -0.2) is 35.6 Å². The Balaban J connectivity index is 1.39. The van der Waals surface area contributed by atoms with Crippen LogP contribution in [0.2, 0.25) is 0 Å². The molecule has 184 valence electrons. The summed E-state index contributed by atoms with van der Waals surface area (Å²) < 4.78 is 17.7. The molecule has 5 rings (SSSR count). The van der Waals surface area contributed by atoms with Gasteiger partial charge >= 0.3 is 5.63 Å². The smallest absolute Gasteiger partial charge is 0.345 e. The first-order chi connectivity index (χ1) is 18.1. The third kappa shape index (κ3) is 5.40. The number of hydrazone groups is 1. The van der Waals surface area contributed by atoms with Crippen LogP contribution >= 0.6 is 0 Å². The van der Waals surface area contributed by atoms with Gasteiger partial charge in [-0.15, -0.1) is 0 Å². The number of hydrogen-bond acceptors (Lipinski definition) is 7. The number of nitrogens with zero attached hydrogens (tertiary/aromatic N) is 3. The van der Waals surface area contributed by atoms with Gasteiger partial charge in [0.2, 0.25) is 0 Å². The van der Waals surface area contributed by atoms with E-state index >= 15 is 0 Å². The standard InChI is InChI=1S/C28H22N4O5/c1-35-22-11-13-23(14-12-22)36-18-26(33)30-29-16-20-17-32(21-8-3-2-4-9-21)31-27(20)24-15-19-7-5-6-10-25(19)37-28(24)34/h2-17H,18H2,1H3,(H,30,33). The van der Waals surface area contributed by atoms with Crippen LogP contribution in [0.1, 0.15) is 5.56 Å². The lowest BCUT2D eigenvalue weighted by atomic mass is 10.1. The van der Waals surface area contributed by atoms with Crippen LogP contribution in [-0.2, 0) is 4.79 Å². The molecule has 2 heterocycles. The third-order valence-corrected chi connectivity index (χ3v) is 5.48. The molecule has 0 saturated carbocycles. The van der Waals surface area contributed by atoms with E-state index in [9.17, 15) is 9.59 Å². The lowest BCUT2D eigenvalue weighted by molar-refractivity contribution is -0.123. The van der Waals surface area contributed by atoms with E-state index in [2.05, 4.69) is 15.6 Å². The summed E-state index contributed by atoms with van der Waals surface area (Å²) in [6, 6.07) is 25.3. The first kappa shape index (κ1) is 23.6. The van der Waals surface area contributed by atoms with Gasteiger partial charge in [-0.25, -0.2) is 14.9 Å². The monoisotopic (exact) mass is 494 g/mol. The number of fused-ring (bicyclic) bond motifs is 1. The fourth-order valence-corrected chi connectivity index (χ4v) is 3.66. The molecule has 0 aliphatic heterocycles. The van der Waals surface area contributed by atoms with Crippen LogP contribution in [0.3, 0.4) is 0 Å². The number of rotatable bonds is 8. The topological polar surface area (TPSA) is 108 Å². The van der Waals surface area contributed by atoms with Gasteiger partial charge in [-0.05, 0) is 48.5 Å². The molecule has 0 atom stereocenters. The Morgan fingerprint density at radius 2 is 1.76 bits per heavy atom. The summed E-state index contributed by atoms with van der Waals surface area (Å²) >= 11 is 0. The Bertz CT molecular complexity index is 1620. The zero-order valence-electron chi connectivity index (χ0n) is 19.8. The Kier molecular flexibility index (Phi) is 6.76. The van der Waals surface area contributed by atoms with Gasteiger partial charge in [0.15, 0.2) is 6.61 Å². The predicted molar refractivity (Wildman–Crippen MR) is 139 cm³/mol. The van der Waals surface area contributed by atoms with E-state index in [-0.39, 0.29) is 12.2 Å². The van der Waals surface area contributed by atoms with Crippen LogP contribution < -0.4 is 20.5 Å². The van der Waals surface area contributed by atoms with Gasteiger partial charge in [0.25, 0.3) is 5.91 Å². The van der Waals surface area contributed by atoms with Gasteiger partial charge in [0.1, 0.15) is 22.8 Å². The quantitative estimate of drug-likeness (QED) is 0.197. The van der Waals surface area contributed by atoms with Crippen LogP contribution in [0.25, 0.3) is 27.9 Å². The Hall–Kier alpha value is -5.18. The summed E-state index contributed by atoms with van der Waals surface area (Å²) in [5.74, 6) is 0.761. The van der Waals surface area contributed by atoms with Gasteiger partial charge in [-0.1, -0.05) is 36.4 Å². The van der Waals surface area contributed by atoms with Gasteiger partial charge in [-0.3, -0.25) is 4.79 Å². The summed E-state index contributed by atoms with van der Waals surface area (Å²) in [5.41, 5.74) is 4.36. The molecule has 2 aromatic heterocycles. The van der Waals surface area contributed by atoms with E-state index < -0.39 is 11.5 Å². The van der Waals surface area contributed by atoms with Crippen LogP contribution in [0.5, 0.6) is 11.5 Å². The maximum atomic E-state index is 12.8. The fourth-order valence-electron chi connectivity index (χ4n) is 3.66. The molecule has 0 saturated heterocycles. The highest BCUT2D eigenvalue weighted by atomic mass is 16.5. The van der Waals surface area contributed by atoms with Crippen molar-refractivity contribution in [3.05, 3.63) is 107 Å². The molecule has 9 heteroatoms. The molecule has 0 aliphatic carbocycles. The molecular weight excluding hydrogens is 472 g/mol. The zero-order chi connectivity index (χ0) is 25.6. The average molecular weight is 495 g/mol. The molecular formula is C28H22N4O5. The van der Waals surface area contributed by atoms with Gasteiger partial charge in [0, 0.05) is 17.1 Å². The molecule has 0 spiro atoms. The predicted octanol–water partition coefficient (Wildman–Crippen LogP) is 4.18. The minimum absolute atomic E-state index is 0.228. The van der Waals surface area contributed by atoms with E-state index in [1.165, 1.54) is 6.21 Å². The lowest BCUT2D eigenvalue weighted by Crippen LogP contribution is -2.24. The molecule has 0 fully saturated rings. The average Bonchev–Trinajstić information content (AvgIpc) is 3.36. The Morgan fingerprint density at radius 3 is 2.54 bits per heavy atom. The van der Waals surface area contributed by atoms with Crippen molar-refractivity contribution < 1.29 is 18.7 Å². The molecule has 0 unspecified atom stereocenters. The molecule has 0 bridgehead atoms. The summed E-state index contributed by atoms with van der Waals surface area (Å²) in [6.45, 7) is -0.228. The first-order valence-corrected chi connectivity index (χ1v) is 11.4. The molecule has 37 heavy (non-hydrogen) atoms. The maximum Gasteiger partial charge on any atom is 0.345 e. The molecule has 5 aromatic rings. The molecule has 9 nitrogen and oxygen atoms in total. The van der Waals surface area contributed by atoms with Crippen LogP contribution in [0.15, 0.2) is 105 Å². The highest BCUT2D eigenvalue weighted by Crippen LogP contribution is 2.23. The minimum Gasteiger partial charge on any atom is -0.497 e. The Labute approximate surface area is 211 Å². The van der Waals surface area contributed by atoms with Gasteiger partial charge in [0.05, 0.1) is 24.6 Å². The summed E-state index contributed by atoms with van der Waals surface area (Å²) in [7, 11) is 1.57. The van der Waals surface area contributed by atoms with Crippen molar-refractivity contribution in [2.75, 3.05) is 13.7 Å². The molecule has 1 amide bonds. The van der Waals surface area contributed by atoms with E-state index in [0.717, 1.165) is 11.1 Å². The van der Waals surface area contributed by atoms with Crippen molar-refractivity contribution in [2.24, 2.45) is 5.10 Å². The van der Waals surface area contributed by atoms with Crippen molar-refractivity contribution in [3.8, 4) is 28.4 Å². The highest BCUT2D eigenvalue weighted by molar-refractivity contribution is 5.91. The Morgan fingerprint density at radius 1 is 1.03 bits per heavy atom. The van der Waals surface area contributed by atoms with E-state index in [1.807, 2.05) is 42.5 Å². The molecule has 0 aliphatic rings. The summed E-state index contributed by atoms with van der Waals surface area (Å²) in [4.78, 5) is 25.1. The van der Waals surface area contributed by atoms with Crippen LogP contribution in [0, 0.1) is 0 Å². The number of ether oxygens (including phenoxy) is 2. The number of para-hydroxylation sites is 2. The number of methoxy groups -OCH3 is 1. The van der Waals surface area contributed by atoms with Crippen LogP contribution in [0.4, 0.5) is 0 Å². The molecule has 1 N–H and O–H groups in total. The van der Waals surface area contributed by atoms with Crippen molar-refractivity contribution in [3.63, 3.8) is 0 Å². The normalized spacial score (nSPS) is 11.1. The van der Waals surface area contributed by atoms with E-state index in [1.54, 1.807) is 60.5 Å². The molecule has 3 aromatic carbocycles. The highest BCUT2D eigenvalue weighted by Gasteiger charge is 2.16. The second-order valence-corrected chi connectivity index (χ2v) is 7.96. The second kappa shape index (κ2) is 10.6. The SMILES string of the molecule is COc1ccc(OCC(=O)NN=Cc2cn(-c3ccccc3)nc2-c2cc3ccccc3oc2=O)cc1. The fraction of sp³-hybridized carbons (Fsp3) is 0.0714. The number of aromatic nitrogens is 2. The largest absolute Gasteiger partial charge is 0.497 e. The van der Waals surface area contributed by atoms with E-state index in [0.29, 0.717) is 28.3 Å². The van der Waals surface area contributed by atoms with Crippen molar-refractivity contribution in [1.29, 1.82) is 0 Å². The number of carbonyl (C=O) groups excluding carboxylic acids is 1. The number of benzene rings is 3. The van der Waals surface area contributed by atoms with E-state index in [4.69, 9.17) is 13.9 Å². The number of carbonyl (C=O) groups is 1.